The van der Waals surface area contributed by atoms with Crippen molar-refractivity contribution in [1.29, 1.82) is 0 Å². The molecule has 2 N–H and O–H groups in total. The zero-order valence-electron chi connectivity index (χ0n) is 15.5. The molecular weight excluding hydrogens is 426 g/mol. The summed E-state index contributed by atoms with van der Waals surface area (Å²) in [7, 11) is 0. The molecule has 0 spiro atoms. The molecule has 1 unspecified atom stereocenters. The molecule has 1 atom stereocenters. The van der Waals surface area contributed by atoms with Crippen LogP contribution in [0.15, 0.2) is 24.3 Å². The lowest BCUT2D eigenvalue weighted by atomic mass is 10.0. The summed E-state index contributed by atoms with van der Waals surface area (Å²) in [5, 5.41) is 18.9. The number of fused-ring (bicyclic) bond motifs is 3. The first-order chi connectivity index (χ1) is 14.6. The maximum absolute atomic E-state index is 13.6. The Morgan fingerprint density at radius 3 is 2.58 bits per heavy atom. The number of carbonyl (C=O) groups is 3. The number of halogens is 4. The number of alkyl halides is 3. The van der Waals surface area contributed by atoms with Gasteiger partial charge in [0.15, 0.2) is 11.5 Å². The molecule has 2 aliphatic heterocycles. The molecule has 3 heterocycles. The first kappa shape index (κ1) is 20.5. The molecule has 0 bridgehead atoms. The highest BCUT2D eigenvalue weighted by atomic mass is 19.4. The molecule has 2 aromatic rings. The zero-order chi connectivity index (χ0) is 22.5. The normalized spacial score (nSPS) is 18.2. The van der Waals surface area contributed by atoms with Crippen LogP contribution in [0, 0.1) is 5.82 Å². The predicted molar refractivity (Wildman–Crippen MR) is 96.1 cm³/mol. The van der Waals surface area contributed by atoms with Crippen LogP contribution in [-0.4, -0.2) is 63.7 Å². The molecule has 13 heteroatoms. The summed E-state index contributed by atoms with van der Waals surface area (Å²) in [5.74, 6) is -3.80. The van der Waals surface area contributed by atoms with Crippen LogP contribution in [0.2, 0.25) is 0 Å². The van der Waals surface area contributed by atoms with Gasteiger partial charge in [0.05, 0.1) is 23.4 Å². The lowest BCUT2D eigenvalue weighted by molar-refractivity contribution is -0.138. The number of carboxylic acids is 1. The quantitative estimate of drug-likeness (QED) is 0.684. The Kier molecular flexibility index (Phi) is 4.75. The second-order valence-corrected chi connectivity index (χ2v) is 6.91. The fraction of sp³-hybridized carbons (Fsp3) is 0.278. The standard InChI is InChI=1S/C18H13F4N5O4/c19-8-1-2-10(18(20,21)22)9(5-8)16(29)26-3-4-27-13(7-26)15(28)23-11-6-12(17(30)31)24-25-14(11)27/h1-2,5-6,13H,3-4,7H2,(H,23,28)(H,30,31). The van der Waals surface area contributed by atoms with E-state index in [-0.39, 0.29) is 36.8 Å². The lowest BCUT2D eigenvalue weighted by Gasteiger charge is -2.43. The van der Waals surface area contributed by atoms with Gasteiger partial charge in [-0.3, -0.25) is 9.59 Å². The fourth-order valence-electron chi connectivity index (χ4n) is 3.57. The average Bonchev–Trinajstić information content (AvgIpc) is 2.71. The number of hydrogen-bond donors (Lipinski definition) is 2. The van der Waals surface area contributed by atoms with Gasteiger partial charge in [-0.2, -0.15) is 13.2 Å². The van der Waals surface area contributed by atoms with E-state index in [9.17, 15) is 31.9 Å². The molecule has 4 rings (SSSR count). The molecule has 1 aromatic heterocycles. The van der Waals surface area contributed by atoms with Gasteiger partial charge in [-0.05, 0) is 18.2 Å². The van der Waals surface area contributed by atoms with Gasteiger partial charge >= 0.3 is 12.1 Å². The Morgan fingerprint density at radius 2 is 1.90 bits per heavy atom. The Morgan fingerprint density at radius 1 is 1.16 bits per heavy atom. The van der Waals surface area contributed by atoms with E-state index in [0.717, 1.165) is 11.0 Å². The second-order valence-electron chi connectivity index (χ2n) is 6.91. The van der Waals surface area contributed by atoms with Crippen LogP contribution in [0.25, 0.3) is 0 Å². The summed E-state index contributed by atoms with van der Waals surface area (Å²) in [6, 6.07) is 1.79. The highest BCUT2D eigenvalue weighted by molar-refractivity contribution is 6.05. The van der Waals surface area contributed by atoms with Crippen molar-refractivity contribution in [2.24, 2.45) is 0 Å². The first-order valence-electron chi connectivity index (χ1n) is 8.91. The van der Waals surface area contributed by atoms with Crippen molar-refractivity contribution >= 4 is 29.3 Å². The average molecular weight is 439 g/mol. The molecule has 1 fully saturated rings. The summed E-state index contributed by atoms with van der Waals surface area (Å²) < 4.78 is 53.4. The Balaban J connectivity index is 1.62. The van der Waals surface area contributed by atoms with Crippen molar-refractivity contribution in [2.75, 3.05) is 29.9 Å². The van der Waals surface area contributed by atoms with E-state index < -0.39 is 46.9 Å². The third-order valence-corrected chi connectivity index (χ3v) is 5.01. The SMILES string of the molecule is O=C(O)c1cc2c(nn1)N1CCN(C(=O)c3cc(F)ccc3C(F)(F)F)CC1C(=O)N2. The number of carbonyl (C=O) groups excluding carboxylic acids is 2. The van der Waals surface area contributed by atoms with Gasteiger partial charge in [-0.25, -0.2) is 9.18 Å². The molecule has 2 amide bonds. The van der Waals surface area contributed by atoms with Crippen LogP contribution in [0.1, 0.15) is 26.4 Å². The van der Waals surface area contributed by atoms with Crippen LogP contribution in [0.3, 0.4) is 0 Å². The van der Waals surface area contributed by atoms with E-state index in [4.69, 9.17) is 5.11 Å². The number of nitrogens with one attached hydrogen (secondary N) is 1. The molecule has 0 aliphatic carbocycles. The van der Waals surface area contributed by atoms with Gasteiger partial charge < -0.3 is 20.2 Å². The third-order valence-electron chi connectivity index (χ3n) is 5.01. The van der Waals surface area contributed by atoms with Crippen LogP contribution in [-0.2, 0) is 11.0 Å². The number of aromatic nitrogens is 2. The Hall–Kier alpha value is -3.77. The number of rotatable bonds is 2. The lowest BCUT2D eigenvalue weighted by Crippen LogP contribution is -2.61. The van der Waals surface area contributed by atoms with Crippen molar-refractivity contribution in [2.45, 2.75) is 12.2 Å². The topological polar surface area (TPSA) is 116 Å². The second kappa shape index (κ2) is 7.18. The van der Waals surface area contributed by atoms with Gasteiger partial charge in [-0.1, -0.05) is 0 Å². The smallest absolute Gasteiger partial charge is 0.417 e. The highest BCUT2D eigenvalue weighted by Gasteiger charge is 2.42. The Labute approximate surface area is 171 Å². The summed E-state index contributed by atoms with van der Waals surface area (Å²) in [5.41, 5.74) is -2.37. The third kappa shape index (κ3) is 3.62. The number of piperazine rings is 1. The molecule has 1 aromatic carbocycles. The van der Waals surface area contributed by atoms with E-state index in [2.05, 4.69) is 15.5 Å². The van der Waals surface area contributed by atoms with Gasteiger partial charge in [0.2, 0.25) is 5.91 Å². The van der Waals surface area contributed by atoms with Crippen LogP contribution >= 0.6 is 0 Å². The molecule has 0 radical (unpaired) electrons. The van der Waals surface area contributed by atoms with E-state index in [0.29, 0.717) is 18.2 Å². The number of aromatic carboxylic acids is 1. The fourth-order valence-corrected chi connectivity index (χ4v) is 3.57. The maximum atomic E-state index is 13.6. The van der Waals surface area contributed by atoms with E-state index in [1.165, 1.54) is 4.90 Å². The van der Waals surface area contributed by atoms with Gasteiger partial charge in [0.25, 0.3) is 5.91 Å². The molecule has 1 saturated heterocycles. The minimum absolute atomic E-state index is 0.0224. The van der Waals surface area contributed by atoms with E-state index in [1.54, 1.807) is 0 Å². The molecule has 31 heavy (non-hydrogen) atoms. The molecular formula is C18H13F4N5O4. The summed E-state index contributed by atoms with van der Waals surface area (Å²) in [6.45, 7) is -0.326. The summed E-state index contributed by atoms with van der Waals surface area (Å²) in [4.78, 5) is 38.9. The largest absolute Gasteiger partial charge is 0.476 e. The van der Waals surface area contributed by atoms with E-state index >= 15 is 0 Å². The van der Waals surface area contributed by atoms with Crippen LogP contribution in [0.5, 0.6) is 0 Å². The number of nitrogens with zero attached hydrogens (tertiary/aromatic N) is 4. The summed E-state index contributed by atoms with van der Waals surface area (Å²) >= 11 is 0. The van der Waals surface area contributed by atoms with Crippen molar-refractivity contribution in [1.82, 2.24) is 15.1 Å². The molecule has 162 valence electrons. The molecule has 2 aliphatic rings. The first-order valence-corrected chi connectivity index (χ1v) is 8.91. The maximum Gasteiger partial charge on any atom is 0.417 e. The van der Waals surface area contributed by atoms with Crippen molar-refractivity contribution in [3.63, 3.8) is 0 Å². The monoisotopic (exact) mass is 439 g/mol. The minimum atomic E-state index is -4.86. The minimum Gasteiger partial charge on any atom is -0.476 e. The van der Waals surface area contributed by atoms with Gasteiger partial charge in [0, 0.05) is 19.2 Å². The van der Waals surface area contributed by atoms with Crippen molar-refractivity contribution in [3.8, 4) is 0 Å². The van der Waals surface area contributed by atoms with Crippen LogP contribution < -0.4 is 10.2 Å². The van der Waals surface area contributed by atoms with Crippen LogP contribution in [0.4, 0.5) is 29.1 Å². The number of anilines is 2. The van der Waals surface area contributed by atoms with Crippen molar-refractivity contribution in [3.05, 3.63) is 46.9 Å². The highest BCUT2D eigenvalue weighted by Crippen LogP contribution is 2.35. The van der Waals surface area contributed by atoms with Crippen molar-refractivity contribution < 1.29 is 37.1 Å². The number of benzene rings is 1. The van der Waals surface area contributed by atoms with Gasteiger partial charge in [-0.15, -0.1) is 10.2 Å². The number of amides is 2. The zero-order valence-corrected chi connectivity index (χ0v) is 15.5. The number of hydrogen-bond acceptors (Lipinski definition) is 6. The summed E-state index contributed by atoms with van der Waals surface area (Å²) in [6.07, 6.45) is -4.86. The van der Waals surface area contributed by atoms with E-state index in [1.807, 2.05) is 0 Å². The Bertz CT molecular complexity index is 1110. The number of carboxylic acid groups (broad SMARTS) is 1. The van der Waals surface area contributed by atoms with Gasteiger partial charge in [0.1, 0.15) is 11.9 Å². The molecule has 9 nitrogen and oxygen atoms in total. The molecule has 0 saturated carbocycles. The predicted octanol–water partition coefficient (Wildman–Crippen LogP) is 1.62.